The molecule has 1 fully saturated rings. The molecule has 1 saturated heterocycles. The van der Waals surface area contributed by atoms with E-state index in [1.54, 1.807) is 30.5 Å². The number of hydrogen-bond acceptors (Lipinski definition) is 6. The summed E-state index contributed by atoms with van der Waals surface area (Å²) in [6, 6.07) is 10.9. The zero-order valence-corrected chi connectivity index (χ0v) is 17.1. The van der Waals surface area contributed by atoms with Crippen molar-refractivity contribution in [1.29, 1.82) is 0 Å². The lowest BCUT2D eigenvalue weighted by molar-refractivity contribution is -0.116. The summed E-state index contributed by atoms with van der Waals surface area (Å²) in [4.78, 5) is 32.4. The van der Waals surface area contributed by atoms with Crippen molar-refractivity contribution >= 4 is 23.2 Å². The summed E-state index contributed by atoms with van der Waals surface area (Å²) >= 11 is 0. The van der Waals surface area contributed by atoms with E-state index in [0.717, 1.165) is 32.0 Å². The summed E-state index contributed by atoms with van der Waals surface area (Å²) in [6.45, 7) is 5.96. The Labute approximate surface area is 171 Å². The number of ketones is 1. The van der Waals surface area contributed by atoms with E-state index >= 15 is 0 Å². The molecule has 2 heterocycles. The Morgan fingerprint density at radius 2 is 1.79 bits per heavy atom. The van der Waals surface area contributed by atoms with E-state index in [-0.39, 0.29) is 11.7 Å². The maximum atomic E-state index is 12.1. The first-order chi connectivity index (χ1) is 14.0. The lowest BCUT2D eigenvalue weighted by Crippen LogP contribution is -2.44. The molecular weight excluding hydrogens is 368 g/mol. The number of ether oxygens (including phenoxy) is 1. The minimum Gasteiger partial charge on any atom is -0.494 e. The molecule has 0 saturated carbocycles. The van der Waals surface area contributed by atoms with Gasteiger partial charge in [-0.3, -0.25) is 9.59 Å². The van der Waals surface area contributed by atoms with E-state index in [2.05, 4.69) is 27.1 Å². The van der Waals surface area contributed by atoms with Crippen LogP contribution in [0.15, 0.2) is 42.6 Å². The monoisotopic (exact) mass is 396 g/mol. The lowest BCUT2D eigenvalue weighted by atomic mass is 10.1. The van der Waals surface area contributed by atoms with Crippen LogP contribution in [-0.2, 0) is 4.79 Å². The van der Waals surface area contributed by atoms with Gasteiger partial charge >= 0.3 is 0 Å². The van der Waals surface area contributed by atoms with Crippen LogP contribution < -0.4 is 15.0 Å². The highest BCUT2D eigenvalue weighted by atomic mass is 16.5. The maximum absolute atomic E-state index is 12.1. The normalized spacial score (nSPS) is 14.5. The summed E-state index contributed by atoms with van der Waals surface area (Å²) in [5.74, 6) is 1.60. The summed E-state index contributed by atoms with van der Waals surface area (Å²) in [5.41, 5.74) is 1.36. The molecule has 7 heteroatoms. The Kier molecular flexibility index (Phi) is 7.19. The van der Waals surface area contributed by atoms with Crippen LogP contribution in [0.1, 0.15) is 30.1 Å². The van der Waals surface area contributed by atoms with Gasteiger partial charge in [-0.25, -0.2) is 4.98 Å². The molecule has 0 spiro atoms. The number of carbonyl (C=O) groups is 2. The number of amides is 1. The standard InChI is InChI=1S/C22H28N4O3/c1-17(27)18-5-8-20(9-6-18)29-15-3-4-22(28)24-19-7-10-21(23-16-19)26-13-11-25(2)12-14-26/h5-10,16H,3-4,11-15H2,1-2H3,(H,24,28). The minimum atomic E-state index is -0.0605. The first kappa shape index (κ1) is 20.8. The number of rotatable bonds is 8. The Balaban J connectivity index is 1.37. The van der Waals surface area contributed by atoms with Gasteiger partial charge in [0.05, 0.1) is 18.5 Å². The molecule has 2 aromatic rings. The number of Topliss-reactive ketones (excluding diaryl/α,β-unsaturated/α-hetero) is 1. The van der Waals surface area contributed by atoms with Crippen LogP contribution in [-0.4, -0.2) is 61.4 Å². The van der Waals surface area contributed by atoms with Gasteiger partial charge in [-0.2, -0.15) is 0 Å². The van der Waals surface area contributed by atoms with Gasteiger partial charge in [0.2, 0.25) is 5.91 Å². The molecule has 0 radical (unpaired) electrons. The van der Waals surface area contributed by atoms with Crippen molar-refractivity contribution in [3.63, 3.8) is 0 Å². The third kappa shape index (κ3) is 6.29. The number of nitrogens with one attached hydrogen (secondary N) is 1. The van der Waals surface area contributed by atoms with E-state index < -0.39 is 0 Å². The second-order valence-electron chi connectivity index (χ2n) is 7.28. The number of likely N-dealkylation sites (N-methyl/N-ethyl adjacent to an activating group) is 1. The number of anilines is 2. The average Bonchev–Trinajstić information content (AvgIpc) is 2.73. The van der Waals surface area contributed by atoms with Gasteiger partial charge in [0.1, 0.15) is 11.6 Å². The largest absolute Gasteiger partial charge is 0.494 e. The number of nitrogens with zero attached hydrogens (tertiary/aromatic N) is 3. The molecule has 7 nitrogen and oxygen atoms in total. The van der Waals surface area contributed by atoms with Crippen LogP contribution in [0.3, 0.4) is 0 Å². The average molecular weight is 396 g/mol. The van der Waals surface area contributed by atoms with Crippen molar-refractivity contribution in [3.8, 4) is 5.75 Å². The van der Waals surface area contributed by atoms with E-state index in [1.807, 2.05) is 12.1 Å². The number of hydrogen-bond donors (Lipinski definition) is 1. The van der Waals surface area contributed by atoms with Crippen LogP contribution in [0.5, 0.6) is 5.75 Å². The molecule has 0 aliphatic carbocycles. The predicted octanol–water partition coefficient (Wildman–Crippen LogP) is 2.83. The molecule has 0 bridgehead atoms. The highest BCUT2D eigenvalue weighted by molar-refractivity contribution is 5.94. The number of carbonyl (C=O) groups excluding carboxylic acids is 2. The zero-order chi connectivity index (χ0) is 20.6. The van der Waals surface area contributed by atoms with Gasteiger partial charge in [-0.05, 0) is 56.8 Å². The fourth-order valence-corrected chi connectivity index (χ4v) is 3.11. The van der Waals surface area contributed by atoms with Crippen LogP contribution in [0.25, 0.3) is 0 Å². The van der Waals surface area contributed by atoms with Crippen molar-refractivity contribution in [1.82, 2.24) is 9.88 Å². The number of aromatic nitrogens is 1. The smallest absolute Gasteiger partial charge is 0.224 e. The van der Waals surface area contributed by atoms with E-state index in [4.69, 9.17) is 4.74 Å². The topological polar surface area (TPSA) is 74.8 Å². The molecule has 1 aliphatic heterocycles. The molecule has 1 amide bonds. The van der Waals surface area contributed by atoms with Gasteiger partial charge in [-0.15, -0.1) is 0 Å². The summed E-state index contributed by atoms with van der Waals surface area (Å²) < 4.78 is 5.62. The molecule has 0 unspecified atom stereocenters. The molecular formula is C22H28N4O3. The van der Waals surface area contributed by atoms with Crippen molar-refractivity contribution in [3.05, 3.63) is 48.2 Å². The van der Waals surface area contributed by atoms with Crippen molar-refractivity contribution in [2.75, 3.05) is 50.1 Å². The van der Waals surface area contributed by atoms with Crippen molar-refractivity contribution < 1.29 is 14.3 Å². The molecule has 154 valence electrons. The van der Waals surface area contributed by atoms with Crippen molar-refractivity contribution in [2.24, 2.45) is 0 Å². The molecule has 3 rings (SSSR count). The third-order valence-corrected chi connectivity index (χ3v) is 4.94. The molecule has 0 atom stereocenters. The fraction of sp³-hybridized carbons (Fsp3) is 0.409. The summed E-state index contributed by atoms with van der Waals surface area (Å²) in [7, 11) is 2.12. The van der Waals surface area contributed by atoms with Gasteiger partial charge in [0.15, 0.2) is 5.78 Å². The molecule has 1 aromatic carbocycles. The van der Waals surface area contributed by atoms with Gasteiger partial charge in [0.25, 0.3) is 0 Å². The molecule has 1 N–H and O–H groups in total. The van der Waals surface area contributed by atoms with E-state index in [9.17, 15) is 9.59 Å². The summed E-state index contributed by atoms with van der Waals surface area (Å²) in [6.07, 6.45) is 2.68. The Hall–Kier alpha value is -2.93. The number of piperazine rings is 1. The maximum Gasteiger partial charge on any atom is 0.224 e. The Morgan fingerprint density at radius 3 is 2.41 bits per heavy atom. The molecule has 1 aromatic heterocycles. The first-order valence-corrected chi connectivity index (χ1v) is 9.94. The third-order valence-electron chi connectivity index (χ3n) is 4.94. The number of pyridine rings is 1. The predicted molar refractivity (Wildman–Crippen MR) is 114 cm³/mol. The zero-order valence-electron chi connectivity index (χ0n) is 17.1. The van der Waals surface area contributed by atoms with Crippen LogP contribution >= 0.6 is 0 Å². The van der Waals surface area contributed by atoms with Crippen LogP contribution in [0.4, 0.5) is 11.5 Å². The first-order valence-electron chi connectivity index (χ1n) is 9.94. The van der Waals surface area contributed by atoms with E-state index in [1.165, 1.54) is 6.92 Å². The van der Waals surface area contributed by atoms with Gasteiger partial charge < -0.3 is 19.9 Å². The highest BCUT2D eigenvalue weighted by Gasteiger charge is 2.15. The van der Waals surface area contributed by atoms with Crippen molar-refractivity contribution in [2.45, 2.75) is 19.8 Å². The molecule has 29 heavy (non-hydrogen) atoms. The number of benzene rings is 1. The van der Waals surface area contributed by atoms with Crippen LogP contribution in [0.2, 0.25) is 0 Å². The van der Waals surface area contributed by atoms with Crippen LogP contribution in [0, 0.1) is 0 Å². The Morgan fingerprint density at radius 1 is 1.07 bits per heavy atom. The minimum absolute atomic E-state index is 0.0271. The van der Waals surface area contributed by atoms with Gasteiger partial charge in [-0.1, -0.05) is 0 Å². The van der Waals surface area contributed by atoms with E-state index in [0.29, 0.717) is 36.4 Å². The SMILES string of the molecule is CC(=O)c1ccc(OCCCC(=O)Nc2ccc(N3CCN(C)CC3)nc2)cc1. The fourth-order valence-electron chi connectivity index (χ4n) is 3.11. The quantitative estimate of drug-likeness (QED) is 0.546. The second kappa shape index (κ2) is 10.0. The summed E-state index contributed by atoms with van der Waals surface area (Å²) in [5, 5.41) is 2.88. The second-order valence-corrected chi connectivity index (χ2v) is 7.28. The lowest BCUT2D eigenvalue weighted by Gasteiger charge is -2.33. The Bertz CT molecular complexity index is 813. The molecule has 1 aliphatic rings. The highest BCUT2D eigenvalue weighted by Crippen LogP contribution is 2.16. The van der Waals surface area contributed by atoms with Gasteiger partial charge in [0, 0.05) is 38.2 Å².